The van der Waals surface area contributed by atoms with E-state index in [4.69, 9.17) is 0 Å². The van der Waals surface area contributed by atoms with Gasteiger partial charge in [0.1, 0.15) is 0 Å². The Kier molecular flexibility index (Phi) is 6.09. The van der Waals surface area contributed by atoms with Crippen LogP contribution < -0.4 is 15.5 Å². The molecule has 1 saturated carbocycles. The van der Waals surface area contributed by atoms with E-state index in [9.17, 15) is 14.4 Å². The zero-order valence-electron chi connectivity index (χ0n) is 16.2. The molecule has 1 aliphatic rings. The molecule has 1 aliphatic carbocycles. The number of anilines is 1. The van der Waals surface area contributed by atoms with Crippen LogP contribution in [0.25, 0.3) is 0 Å². The van der Waals surface area contributed by atoms with E-state index < -0.39 is 0 Å². The molecule has 0 radical (unpaired) electrons. The quantitative estimate of drug-likeness (QED) is 0.776. The van der Waals surface area contributed by atoms with E-state index >= 15 is 0 Å². The Morgan fingerprint density at radius 3 is 2.29 bits per heavy atom. The molecule has 1 fully saturated rings. The number of nitrogens with one attached hydrogen (secondary N) is 2. The van der Waals surface area contributed by atoms with Crippen LogP contribution in [0.5, 0.6) is 0 Å². The first kappa shape index (κ1) is 19.6. The molecule has 6 nitrogen and oxygen atoms in total. The summed E-state index contributed by atoms with van der Waals surface area (Å²) < 4.78 is 0. The van der Waals surface area contributed by atoms with Crippen LogP contribution in [0.4, 0.5) is 5.69 Å². The van der Waals surface area contributed by atoms with Crippen molar-refractivity contribution in [3.8, 4) is 0 Å². The summed E-state index contributed by atoms with van der Waals surface area (Å²) in [5.74, 6) is -0.208. The van der Waals surface area contributed by atoms with Gasteiger partial charge in [0.2, 0.25) is 5.91 Å². The third-order valence-corrected chi connectivity index (χ3v) is 4.77. The van der Waals surface area contributed by atoms with E-state index in [2.05, 4.69) is 10.6 Å². The van der Waals surface area contributed by atoms with Crippen molar-refractivity contribution in [2.75, 3.05) is 18.5 Å². The van der Waals surface area contributed by atoms with Gasteiger partial charge >= 0.3 is 0 Å². The van der Waals surface area contributed by atoms with Crippen LogP contribution in [0, 0.1) is 5.92 Å². The summed E-state index contributed by atoms with van der Waals surface area (Å²) in [6.07, 6.45) is 1.84. The van der Waals surface area contributed by atoms with Gasteiger partial charge in [-0.15, -0.1) is 0 Å². The minimum atomic E-state index is -0.237. The van der Waals surface area contributed by atoms with Crippen LogP contribution >= 0.6 is 0 Å². The first-order chi connectivity index (χ1) is 13.5. The van der Waals surface area contributed by atoms with Crippen molar-refractivity contribution in [2.45, 2.75) is 26.3 Å². The third-order valence-electron chi connectivity index (χ3n) is 4.77. The second-order valence-electron chi connectivity index (χ2n) is 6.93. The molecule has 2 aromatic carbocycles. The largest absolute Gasteiger partial charge is 0.352 e. The fourth-order valence-corrected chi connectivity index (χ4v) is 3.00. The van der Waals surface area contributed by atoms with Gasteiger partial charge in [-0.3, -0.25) is 14.4 Å². The van der Waals surface area contributed by atoms with Crippen molar-refractivity contribution in [1.82, 2.24) is 10.6 Å². The predicted octanol–water partition coefficient (Wildman–Crippen LogP) is 2.74. The molecule has 146 valence electrons. The monoisotopic (exact) mass is 379 g/mol. The molecule has 2 aromatic rings. The minimum Gasteiger partial charge on any atom is -0.352 e. The van der Waals surface area contributed by atoms with E-state index in [-0.39, 0.29) is 23.6 Å². The maximum Gasteiger partial charge on any atom is 0.253 e. The van der Waals surface area contributed by atoms with Crippen LogP contribution in [-0.4, -0.2) is 31.3 Å². The predicted molar refractivity (Wildman–Crippen MR) is 108 cm³/mol. The lowest BCUT2D eigenvalue weighted by atomic mass is 10.1. The zero-order chi connectivity index (χ0) is 20.1. The van der Waals surface area contributed by atoms with Gasteiger partial charge in [0.25, 0.3) is 11.8 Å². The number of rotatable bonds is 7. The lowest BCUT2D eigenvalue weighted by molar-refractivity contribution is -0.119. The number of carbonyl (C=O) groups excluding carboxylic acids is 3. The summed E-state index contributed by atoms with van der Waals surface area (Å²) in [6.45, 7) is 2.78. The van der Waals surface area contributed by atoms with Crippen LogP contribution in [0.15, 0.2) is 48.5 Å². The van der Waals surface area contributed by atoms with Crippen molar-refractivity contribution in [3.05, 3.63) is 65.2 Å². The topological polar surface area (TPSA) is 78.5 Å². The summed E-state index contributed by atoms with van der Waals surface area (Å²) >= 11 is 0. The summed E-state index contributed by atoms with van der Waals surface area (Å²) in [6, 6.07) is 14.2. The number of hydrogen-bond acceptors (Lipinski definition) is 3. The van der Waals surface area contributed by atoms with Crippen LogP contribution in [0.2, 0.25) is 0 Å². The van der Waals surface area contributed by atoms with Crippen LogP contribution in [-0.2, 0) is 11.3 Å². The molecule has 6 heteroatoms. The highest BCUT2D eigenvalue weighted by atomic mass is 16.2. The highest BCUT2D eigenvalue weighted by molar-refractivity contribution is 6.05. The Morgan fingerprint density at radius 2 is 1.64 bits per heavy atom. The number of benzene rings is 2. The highest BCUT2D eigenvalue weighted by Gasteiger charge is 2.33. The van der Waals surface area contributed by atoms with E-state index in [0.717, 1.165) is 18.4 Å². The fraction of sp³-hybridized carbons (Fsp3) is 0.318. The van der Waals surface area contributed by atoms with Gasteiger partial charge in [0.05, 0.1) is 11.3 Å². The van der Waals surface area contributed by atoms with E-state index in [0.29, 0.717) is 29.9 Å². The molecule has 3 rings (SSSR count). The molecule has 28 heavy (non-hydrogen) atoms. The van der Waals surface area contributed by atoms with Crippen LogP contribution in [0.3, 0.4) is 0 Å². The van der Waals surface area contributed by atoms with E-state index in [1.807, 2.05) is 25.1 Å². The molecule has 0 aromatic heterocycles. The Balaban J connectivity index is 1.65. The maximum absolute atomic E-state index is 12.7. The number of hydrogen-bond donors (Lipinski definition) is 2. The number of carbonyl (C=O) groups is 3. The van der Waals surface area contributed by atoms with Gasteiger partial charge < -0.3 is 15.5 Å². The molecule has 0 heterocycles. The molecule has 0 saturated heterocycles. The zero-order valence-corrected chi connectivity index (χ0v) is 16.2. The number of amides is 3. The van der Waals surface area contributed by atoms with E-state index in [1.54, 1.807) is 42.3 Å². The van der Waals surface area contributed by atoms with Crippen molar-refractivity contribution < 1.29 is 14.4 Å². The Labute approximate surface area is 164 Å². The molecule has 0 spiro atoms. The molecule has 0 unspecified atom stereocenters. The van der Waals surface area contributed by atoms with Gasteiger partial charge in [-0.05, 0) is 49.6 Å². The van der Waals surface area contributed by atoms with Gasteiger partial charge in [0.15, 0.2) is 0 Å². The molecule has 0 bridgehead atoms. The lowest BCUT2D eigenvalue weighted by Gasteiger charge is -2.20. The van der Waals surface area contributed by atoms with E-state index in [1.165, 1.54) is 0 Å². The fourth-order valence-electron chi connectivity index (χ4n) is 3.00. The van der Waals surface area contributed by atoms with Crippen molar-refractivity contribution in [1.29, 1.82) is 0 Å². The summed E-state index contributed by atoms with van der Waals surface area (Å²) in [5, 5.41) is 5.64. The Morgan fingerprint density at radius 1 is 0.964 bits per heavy atom. The van der Waals surface area contributed by atoms with Gasteiger partial charge in [0, 0.05) is 31.6 Å². The second-order valence-corrected chi connectivity index (χ2v) is 6.93. The Hall–Kier alpha value is -3.15. The smallest absolute Gasteiger partial charge is 0.253 e. The summed E-state index contributed by atoms with van der Waals surface area (Å²) in [4.78, 5) is 38.4. The standard InChI is InChI=1S/C22H25N3O3/c1-3-23-20(26)16-10-8-15(9-11-16)14-24-21(27)18-6-4-5-7-19(18)25(2)22(28)17-12-13-17/h4-11,17H,3,12-14H2,1-2H3,(H,23,26)(H,24,27). The molecule has 0 atom stereocenters. The molecular weight excluding hydrogens is 354 g/mol. The minimum absolute atomic E-state index is 0.0567. The van der Waals surface area contributed by atoms with Crippen LogP contribution in [0.1, 0.15) is 46.0 Å². The highest BCUT2D eigenvalue weighted by Crippen LogP contribution is 2.33. The molecule has 0 aliphatic heterocycles. The number of para-hydroxylation sites is 1. The molecule has 2 N–H and O–H groups in total. The average molecular weight is 379 g/mol. The first-order valence-corrected chi connectivity index (χ1v) is 9.53. The number of nitrogens with zero attached hydrogens (tertiary/aromatic N) is 1. The third kappa shape index (κ3) is 4.57. The molecule has 3 amide bonds. The van der Waals surface area contributed by atoms with Gasteiger partial charge in [-0.2, -0.15) is 0 Å². The first-order valence-electron chi connectivity index (χ1n) is 9.53. The Bertz CT molecular complexity index is 873. The lowest BCUT2D eigenvalue weighted by Crippen LogP contribution is -2.31. The summed E-state index contributed by atoms with van der Waals surface area (Å²) in [5.41, 5.74) is 2.56. The average Bonchev–Trinajstić information content (AvgIpc) is 3.57. The molecular formula is C22H25N3O3. The van der Waals surface area contributed by atoms with Gasteiger partial charge in [-0.25, -0.2) is 0 Å². The van der Waals surface area contributed by atoms with Crippen molar-refractivity contribution in [2.24, 2.45) is 5.92 Å². The maximum atomic E-state index is 12.7. The van der Waals surface area contributed by atoms with Gasteiger partial charge in [-0.1, -0.05) is 24.3 Å². The normalized spacial score (nSPS) is 12.9. The SMILES string of the molecule is CCNC(=O)c1ccc(CNC(=O)c2ccccc2N(C)C(=O)C2CC2)cc1. The second kappa shape index (κ2) is 8.69. The summed E-state index contributed by atoms with van der Waals surface area (Å²) in [7, 11) is 1.72. The van der Waals surface area contributed by atoms with Crippen molar-refractivity contribution in [3.63, 3.8) is 0 Å². The van der Waals surface area contributed by atoms with Crippen molar-refractivity contribution >= 4 is 23.4 Å².